The van der Waals surface area contributed by atoms with Crippen molar-refractivity contribution in [2.75, 3.05) is 7.11 Å². The maximum atomic E-state index is 11.0. The largest absolute Gasteiger partial charge is 0.478 e. The number of methoxy groups -OCH3 is 1. The van der Waals surface area contributed by atoms with Crippen LogP contribution >= 0.6 is 0 Å². The van der Waals surface area contributed by atoms with Gasteiger partial charge in [-0.3, -0.25) is 0 Å². The number of aromatic nitrogens is 1. The van der Waals surface area contributed by atoms with E-state index in [-0.39, 0.29) is 0 Å². The average Bonchev–Trinajstić information content (AvgIpc) is 2.48. The zero-order valence-electron chi connectivity index (χ0n) is 9.36. The van der Waals surface area contributed by atoms with Gasteiger partial charge in [-0.15, -0.1) is 0 Å². The highest BCUT2D eigenvalue weighted by Crippen LogP contribution is 2.16. The molecule has 0 bridgehead atoms. The minimum Gasteiger partial charge on any atom is -0.478 e. The summed E-state index contributed by atoms with van der Waals surface area (Å²) in [6.45, 7) is 4.53. The monoisotopic (exact) mass is 211 g/mol. The minimum atomic E-state index is -0.875. The number of carbonyl (C=O) groups is 1. The normalized spacial score (nSPS) is 10.9. The van der Waals surface area contributed by atoms with Crippen molar-refractivity contribution in [3.63, 3.8) is 0 Å². The van der Waals surface area contributed by atoms with E-state index in [2.05, 4.69) is 13.8 Å². The molecule has 0 radical (unpaired) electrons. The van der Waals surface area contributed by atoms with Crippen molar-refractivity contribution in [3.8, 4) is 0 Å². The zero-order chi connectivity index (χ0) is 11.4. The molecule has 0 spiro atoms. The van der Waals surface area contributed by atoms with Crippen LogP contribution in [0.4, 0.5) is 0 Å². The molecule has 1 rings (SSSR count). The van der Waals surface area contributed by atoms with Gasteiger partial charge in [-0.2, -0.15) is 0 Å². The van der Waals surface area contributed by atoms with Crippen LogP contribution in [0.25, 0.3) is 0 Å². The lowest BCUT2D eigenvalue weighted by atomic mass is 10.1. The second kappa shape index (κ2) is 4.98. The Labute approximate surface area is 89.5 Å². The molecule has 1 aromatic rings. The lowest BCUT2D eigenvalue weighted by Gasteiger charge is -2.11. The molecule has 0 aliphatic rings. The molecule has 0 saturated carbocycles. The van der Waals surface area contributed by atoms with Gasteiger partial charge >= 0.3 is 5.97 Å². The van der Waals surface area contributed by atoms with Crippen molar-refractivity contribution in [2.24, 2.45) is 5.92 Å². The van der Waals surface area contributed by atoms with Gasteiger partial charge in [0.1, 0.15) is 6.73 Å². The van der Waals surface area contributed by atoms with E-state index in [0.717, 1.165) is 12.1 Å². The van der Waals surface area contributed by atoms with E-state index in [1.165, 1.54) is 0 Å². The number of hydrogen-bond donors (Lipinski definition) is 1. The summed E-state index contributed by atoms with van der Waals surface area (Å²) in [6, 6.07) is 1.62. The summed E-state index contributed by atoms with van der Waals surface area (Å²) in [5.41, 5.74) is 1.21. The van der Waals surface area contributed by atoms with Gasteiger partial charge < -0.3 is 14.4 Å². The third-order valence-corrected chi connectivity index (χ3v) is 2.18. The Morgan fingerprint density at radius 1 is 1.60 bits per heavy atom. The molecule has 0 aliphatic heterocycles. The van der Waals surface area contributed by atoms with E-state index in [1.54, 1.807) is 19.4 Å². The van der Waals surface area contributed by atoms with E-state index >= 15 is 0 Å². The molecule has 0 unspecified atom stereocenters. The van der Waals surface area contributed by atoms with Gasteiger partial charge in [0, 0.05) is 19.0 Å². The third-order valence-electron chi connectivity index (χ3n) is 2.18. The number of ether oxygens (including phenoxy) is 1. The Balaban J connectivity index is 3.02. The predicted octanol–water partition coefficient (Wildman–Crippen LogP) is 1.99. The van der Waals surface area contributed by atoms with Crippen LogP contribution < -0.4 is 0 Å². The highest BCUT2D eigenvalue weighted by Gasteiger charge is 2.15. The summed E-state index contributed by atoms with van der Waals surface area (Å²) in [7, 11) is 1.60. The van der Waals surface area contributed by atoms with Gasteiger partial charge in [-0.1, -0.05) is 13.8 Å². The van der Waals surface area contributed by atoms with Gasteiger partial charge in [0.05, 0.1) is 5.56 Å². The van der Waals surface area contributed by atoms with Crippen LogP contribution in [0.5, 0.6) is 0 Å². The molecule has 0 fully saturated rings. The Morgan fingerprint density at radius 2 is 2.27 bits per heavy atom. The summed E-state index contributed by atoms with van der Waals surface area (Å²) < 4.78 is 6.85. The molecule has 0 aromatic carbocycles. The van der Waals surface area contributed by atoms with E-state index in [9.17, 15) is 4.79 Å². The van der Waals surface area contributed by atoms with Crippen LogP contribution in [0.15, 0.2) is 12.3 Å². The topological polar surface area (TPSA) is 51.5 Å². The molecule has 84 valence electrons. The number of hydrogen-bond acceptors (Lipinski definition) is 2. The van der Waals surface area contributed by atoms with Gasteiger partial charge in [-0.25, -0.2) is 4.79 Å². The smallest absolute Gasteiger partial charge is 0.337 e. The molecule has 0 aliphatic carbocycles. The fourth-order valence-electron chi connectivity index (χ4n) is 1.57. The molecule has 4 nitrogen and oxygen atoms in total. The maximum absolute atomic E-state index is 11.0. The van der Waals surface area contributed by atoms with Crippen molar-refractivity contribution in [1.82, 2.24) is 4.57 Å². The first-order chi connectivity index (χ1) is 7.06. The van der Waals surface area contributed by atoms with Crippen LogP contribution in [0.2, 0.25) is 0 Å². The average molecular weight is 211 g/mol. The fourth-order valence-corrected chi connectivity index (χ4v) is 1.57. The Hall–Kier alpha value is -1.29. The molecular formula is C11H17NO3. The van der Waals surface area contributed by atoms with Crippen LogP contribution in [0, 0.1) is 5.92 Å². The number of rotatable bonds is 5. The molecule has 4 heteroatoms. The molecule has 15 heavy (non-hydrogen) atoms. The number of carboxylic acid groups (broad SMARTS) is 1. The number of carboxylic acids is 1. The van der Waals surface area contributed by atoms with Crippen molar-refractivity contribution in [2.45, 2.75) is 27.0 Å². The highest BCUT2D eigenvalue weighted by atomic mass is 16.5. The first-order valence-corrected chi connectivity index (χ1v) is 4.96. The third kappa shape index (κ3) is 2.83. The quantitative estimate of drug-likeness (QED) is 0.810. The molecule has 0 amide bonds. The van der Waals surface area contributed by atoms with E-state index in [0.29, 0.717) is 18.2 Å². The summed E-state index contributed by atoms with van der Waals surface area (Å²) in [5, 5.41) is 9.01. The summed E-state index contributed by atoms with van der Waals surface area (Å²) in [6.07, 6.45) is 2.50. The Bertz CT molecular complexity index is 342. The molecule has 1 heterocycles. The van der Waals surface area contributed by atoms with Crippen molar-refractivity contribution < 1.29 is 14.6 Å². The predicted molar refractivity (Wildman–Crippen MR) is 56.9 cm³/mol. The fraction of sp³-hybridized carbons (Fsp3) is 0.545. The second-order valence-electron chi connectivity index (χ2n) is 3.97. The second-order valence-corrected chi connectivity index (χ2v) is 3.97. The van der Waals surface area contributed by atoms with Gasteiger partial charge in [-0.05, 0) is 18.4 Å². The van der Waals surface area contributed by atoms with Crippen LogP contribution in [0.1, 0.15) is 29.9 Å². The van der Waals surface area contributed by atoms with Crippen molar-refractivity contribution in [1.29, 1.82) is 0 Å². The maximum Gasteiger partial charge on any atom is 0.337 e. The van der Waals surface area contributed by atoms with Gasteiger partial charge in [0.2, 0.25) is 0 Å². The SMILES string of the molecule is COCn1ccc(C(=O)O)c1CC(C)C. The van der Waals surface area contributed by atoms with E-state index in [1.807, 2.05) is 4.57 Å². The number of aromatic carboxylic acids is 1. The van der Waals surface area contributed by atoms with Crippen LogP contribution in [-0.4, -0.2) is 22.8 Å². The van der Waals surface area contributed by atoms with Crippen molar-refractivity contribution in [3.05, 3.63) is 23.5 Å². The Kier molecular flexibility index (Phi) is 3.91. The summed E-state index contributed by atoms with van der Waals surface area (Å²) in [5.74, 6) is -0.450. The van der Waals surface area contributed by atoms with Crippen LogP contribution in [-0.2, 0) is 17.9 Å². The first kappa shape index (κ1) is 11.8. The molecule has 1 aromatic heterocycles. The lowest BCUT2D eigenvalue weighted by molar-refractivity contribution is 0.0694. The number of nitrogens with zero attached hydrogens (tertiary/aromatic N) is 1. The van der Waals surface area contributed by atoms with E-state index < -0.39 is 5.97 Å². The minimum absolute atomic E-state index is 0.376. The Morgan fingerprint density at radius 3 is 2.73 bits per heavy atom. The van der Waals surface area contributed by atoms with E-state index in [4.69, 9.17) is 9.84 Å². The molecule has 0 saturated heterocycles. The van der Waals surface area contributed by atoms with Gasteiger partial charge in [0.25, 0.3) is 0 Å². The van der Waals surface area contributed by atoms with Crippen molar-refractivity contribution >= 4 is 5.97 Å². The standard InChI is InChI=1S/C11H17NO3/c1-8(2)6-10-9(11(13)14)4-5-12(10)7-15-3/h4-5,8H,6-7H2,1-3H3,(H,13,14). The van der Waals surface area contributed by atoms with Gasteiger partial charge in [0.15, 0.2) is 0 Å². The molecule has 0 atom stereocenters. The molecular weight excluding hydrogens is 194 g/mol. The van der Waals surface area contributed by atoms with Crippen LogP contribution in [0.3, 0.4) is 0 Å². The lowest BCUT2D eigenvalue weighted by Crippen LogP contribution is -2.10. The highest BCUT2D eigenvalue weighted by molar-refractivity contribution is 5.89. The summed E-state index contributed by atoms with van der Waals surface area (Å²) >= 11 is 0. The molecule has 1 N–H and O–H groups in total. The first-order valence-electron chi connectivity index (χ1n) is 4.96. The zero-order valence-corrected chi connectivity index (χ0v) is 9.36. The summed E-state index contributed by atoms with van der Waals surface area (Å²) in [4.78, 5) is 11.0.